The van der Waals surface area contributed by atoms with Crippen molar-refractivity contribution in [2.75, 3.05) is 0 Å². The number of aliphatic hydroxyl groups is 2. The summed E-state index contributed by atoms with van der Waals surface area (Å²) in [6, 6.07) is 0. The van der Waals surface area contributed by atoms with Crippen molar-refractivity contribution in [3.63, 3.8) is 0 Å². The molecule has 0 amide bonds. The van der Waals surface area contributed by atoms with E-state index < -0.39 is 23.2 Å². The third-order valence-corrected chi connectivity index (χ3v) is 12.6. The van der Waals surface area contributed by atoms with Crippen molar-refractivity contribution in [2.24, 2.45) is 51.2 Å². The second-order valence-electron chi connectivity index (χ2n) is 14.5. The van der Waals surface area contributed by atoms with Gasteiger partial charge in [-0.05, 0) is 112 Å². The number of aliphatic hydroxyl groups excluding tert-OH is 1. The van der Waals surface area contributed by atoms with Crippen molar-refractivity contribution in [3.05, 3.63) is 0 Å². The minimum atomic E-state index is -1.08. The van der Waals surface area contributed by atoms with Crippen LogP contribution in [0.5, 0.6) is 0 Å². The van der Waals surface area contributed by atoms with Crippen molar-refractivity contribution in [1.82, 2.24) is 0 Å². The Morgan fingerprint density at radius 3 is 2.35 bits per heavy atom. The largest absolute Gasteiger partial charge is 0.459 e. The predicted molar refractivity (Wildman–Crippen MR) is 128 cm³/mol. The predicted octanol–water partition coefficient (Wildman–Crippen LogP) is 4.67. The molecule has 6 rings (SSSR count). The van der Waals surface area contributed by atoms with Gasteiger partial charge < -0.3 is 14.9 Å². The molecule has 0 radical (unpaired) electrons. The Labute approximate surface area is 204 Å². The van der Waals surface area contributed by atoms with Gasteiger partial charge in [0.1, 0.15) is 11.9 Å². The van der Waals surface area contributed by atoms with Crippen molar-refractivity contribution in [3.8, 4) is 0 Å². The van der Waals surface area contributed by atoms with Crippen LogP contribution in [0.25, 0.3) is 0 Å². The van der Waals surface area contributed by atoms with E-state index in [2.05, 4.69) is 20.8 Å². The highest BCUT2D eigenvalue weighted by molar-refractivity contribution is 5.86. The van der Waals surface area contributed by atoms with Gasteiger partial charge in [-0.2, -0.15) is 0 Å². The first kappa shape index (κ1) is 23.5. The highest BCUT2D eigenvalue weighted by atomic mass is 16.6. The number of ketones is 1. The zero-order valence-corrected chi connectivity index (χ0v) is 21.7. The van der Waals surface area contributed by atoms with E-state index in [1.807, 2.05) is 0 Å². The Morgan fingerprint density at radius 2 is 1.65 bits per heavy atom. The maximum absolute atomic E-state index is 14.3. The molecule has 6 aliphatic rings. The maximum Gasteiger partial charge on any atom is 0.313 e. The summed E-state index contributed by atoms with van der Waals surface area (Å²) >= 11 is 0. The number of carbonyl (C=O) groups excluding carboxylic acids is 2. The van der Waals surface area contributed by atoms with Crippen LogP contribution in [0.15, 0.2) is 0 Å². The lowest BCUT2D eigenvalue weighted by molar-refractivity contribution is -0.194. The van der Waals surface area contributed by atoms with Gasteiger partial charge in [0.25, 0.3) is 0 Å². The number of rotatable bonds is 1. The minimum absolute atomic E-state index is 0.111. The number of hydrogen-bond acceptors (Lipinski definition) is 5. The van der Waals surface area contributed by atoms with Gasteiger partial charge in [-0.1, -0.05) is 20.8 Å². The Balaban J connectivity index is 1.44. The van der Waals surface area contributed by atoms with Gasteiger partial charge >= 0.3 is 5.97 Å². The Morgan fingerprint density at radius 1 is 0.971 bits per heavy atom. The number of carbonyl (C=O) groups is 2. The second-order valence-corrected chi connectivity index (χ2v) is 14.5. The molecule has 0 aromatic carbocycles. The van der Waals surface area contributed by atoms with Gasteiger partial charge in [0, 0.05) is 11.8 Å². The Bertz CT molecular complexity index is 918. The van der Waals surface area contributed by atoms with Gasteiger partial charge in [-0.3, -0.25) is 9.59 Å². The Kier molecular flexibility index (Phi) is 4.75. The summed E-state index contributed by atoms with van der Waals surface area (Å²) in [5.41, 5.74) is -1.72. The molecule has 10 atom stereocenters. The highest BCUT2D eigenvalue weighted by Gasteiger charge is 2.83. The lowest BCUT2D eigenvalue weighted by atomic mass is 9.45. The molecule has 10 unspecified atom stereocenters. The number of cyclic esters (lactones) is 1. The molecular formula is C29H44O5. The van der Waals surface area contributed by atoms with Gasteiger partial charge in [-0.25, -0.2) is 0 Å². The average molecular weight is 473 g/mol. The first-order valence-electron chi connectivity index (χ1n) is 14.0. The fourth-order valence-corrected chi connectivity index (χ4v) is 11.1. The van der Waals surface area contributed by atoms with Crippen LogP contribution in [0.4, 0.5) is 0 Å². The molecule has 1 aliphatic heterocycles. The molecule has 5 nitrogen and oxygen atoms in total. The third kappa shape index (κ3) is 2.64. The molecule has 190 valence electrons. The summed E-state index contributed by atoms with van der Waals surface area (Å²) in [6.07, 6.45) is 7.88. The van der Waals surface area contributed by atoms with E-state index in [1.54, 1.807) is 13.8 Å². The summed E-state index contributed by atoms with van der Waals surface area (Å²) in [5.74, 6) is 1.48. The molecule has 5 saturated carbocycles. The standard InChI is InChI=1S/C29H44O5/c1-16-6-9-22(26(4,5)33)34-24(32)29-14-18(30)23(16)17(29)10-12-28-15-27(28)13-11-21(31)25(2,3)19(27)7-8-20(28)29/h16-20,22-23,30,33H,6-15H2,1-5H3. The molecule has 2 N–H and O–H groups in total. The van der Waals surface area contributed by atoms with E-state index in [0.29, 0.717) is 36.9 Å². The smallest absolute Gasteiger partial charge is 0.313 e. The molecule has 2 spiro atoms. The van der Waals surface area contributed by atoms with Crippen molar-refractivity contribution in [1.29, 1.82) is 0 Å². The monoisotopic (exact) mass is 472 g/mol. The topological polar surface area (TPSA) is 83.8 Å². The molecule has 34 heavy (non-hydrogen) atoms. The maximum atomic E-state index is 14.3. The fourth-order valence-electron chi connectivity index (χ4n) is 11.1. The zero-order chi connectivity index (χ0) is 24.5. The van der Waals surface area contributed by atoms with E-state index in [9.17, 15) is 19.8 Å². The summed E-state index contributed by atoms with van der Waals surface area (Å²) in [6.45, 7) is 10.1. The molecule has 0 aromatic rings. The lowest BCUT2D eigenvalue weighted by Gasteiger charge is -2.58. The highest BCUT2D eigenvalue weighted by Crippen LogP contribution is 2.87. The van der Waals surface area contributed by atoms with E-state index in [4.69, 9.17) is 4.74 Å². The van der Waals surface area contributed by atoms with E-state index in [1.165, 1.54) is 0 Å². The molecular weight excluding hydrogens is 428 g/mol. The minimum Gasteiger partial charge on any atom is -0.459 e. The SMILES string of the molecule is CC1CCC(C(C)(C)O)OC(=O)C23CC(O)C1C2CCC12CC14CCC(=O)C(C)(C)C4CCC32. The molecule has 1 saturated heterocycles. The first-order valence-corrected chi connectivity index (χ1v) is 14.0. The molecule has 1 heterocycles. The summed E-state index contributed by atoms with van der Waals surface area (Å²) in [5, 5.41) is 22.3. The van der Waals surface area contributed by atoms with Crippen molar-refractivity contribution >= 4 is 11.8 Å². The van der Waals surface area contributed by atoms with E-state index in [-0.39, 0.29) is 40.0 Å². The molecule has 2 bridgehead atoms. The lowest BCUT2D eigenvalue weighted by Crippen LogP contribution is -2.58. The summed E-state index contributed by atoms with van der Waals surface area (Å²) in [4.78, 5) is 27.2. The third-order valence-electron chi connectivity index (χ3n) is 12.6. The second kappa shape index (κ2) is 6.88. The van der Waals surface area contributed by atoms with Crippen LogP contribution in [0.1, 0.15) is 98.8 Å². The van der Waals surface area contributed by atoms with Crippen LogP contribution in [-0.4, -0.2) is 39.8 Å². The molecule has 6 fully saturated rings. The number of Topliss-reactive ketones (excluding diaryl/α,β-unsaturated/α-hetero) is 1. The average Bonchev–Trinajstić information content (AvgIpc) is 3.29. The van der Waals surface area contributed by atoms with Crippen LogP contribution in [-0.2, 0) is 14.3 Å². The normalized spacial score (nSPS) is 53.8. The first-order chi connectivity index (χ1) is 15.8. The van der Waals surface area contributed by atoms with Crippen LogP contribution in [0.3, 0.4) is 0 Å². The number of esters is 1. The van der Waals surface area contributed by atoms with Gasteiger partial charge in [0.15, 0.2) is 0 Å². The Hall–Kier alpha value is -0.940. The van der Waals surface area contributed by atoms with Gasteiger partial charge in [0.05, 0.1) is 17.1 Å². The van der Waals surface area contributed by atoms with E-state index >= 15 is 0 Å². The molecule has 5 aliphatic carbocycles. The molecule has 0 aromatic heterocycles. The van der Waals surface area contributed by atoms with Gasteiger partial charge in [-0.15, -0.1) is 0 Å². The van der Waals surface area contributed by atoms with Crippen LogP contribution in [0.2, 0.25) is 0 Å². The number of ether oxygens (including phenoxy) is 1. The van der Waals surface area contributed by atoms with Crippen LogP contribution < -0.4 is 0 Å². The summed E-state index contributed by atoms with van der Waals surface area (Å²) in [7, 11) is 0. The van der Waals surface area contributed by atoms with Crippen LogP contribution in [0, 0.1) is 51.2 Å². The van der Waals surface area contributed by atoms with E-state index in [0.717, 1.165) is 44.9 Å². The molecule has 5 heteroatoms. The fraction of sp³-hybridized carbons (Fsp3) is 0.931. The van der Waals surface area contributed by atoms with Gasteiger partial charge in [0.2, 0.25) is 0 Å². The van der Waals surface area contributed by atoms with Crippen molar-refractivity contribution in [2.45, 2.75) is 117 Å². The van der Waals surface area contributed by atoms with Crippen LogP contribution >= 0.6 is 0 Å². The quantitative estimate of drug-likeness (QED) is 0.542. The van der Waals surface area contributed by atoms with Crippen molar-refractivity contribution < 1.29 is 24.5 Å². The summed E-state index contributed by atoms with van der Waals surface area (Å²) < 4.78 is 6.27. The number of hydrogen-bond donors (Lipinski definition) is 2. The zero-order valence-electron chi connectivity index (χ0n) is 21.7.